The number of halogens is 1. The zero-order valence-corrected chi connectivity index (χ0v) is 12.6. The molecule has 0 saturated heterocycles. The van der Waals surface area contributed by atoms with Gasteiger partial charge in [0.25, 0.3) is 0 Å². The Labute approximate surface area is 126 Å². The minimum atomic E-state index is -0.704. The minimum Gasteiger partial charge on any atom is -0.481 e. The van der Waals surface area contributed by atoms with Gasteiger partial charge in [0.1, 0.15) is 0 Å². The fourth-order valence-corrected chi connectivity index (χ4v) is 3.53. The fourth-order valence-electron chi connectivity index (χ4n) is 3.08. The highest BCUT2D eigenvalue weighted by Crippen LogP contribution is 2.40. The molecule has 20 heavy (non-hydrogen) atoms. The van der Waals surface area contributed by atoms with Gasteiger partial charge < -0.3 is 5.11 Å². The van der Waals surface area contributed by atoms with Crippen LogP contribution in [0.1, 0.15) is 16.7 Å². The summed E-state index contributed by atoms with van der Waals surface area (Å²) in [5, 5.41) is 9.75. The highest BCUT2D eigenvalue weighted by molar-refractivity contribution is 9.10. The molecule has 0 atom stereocenters. The van der Waals surface area contributed by atoms with Crippen LogP contribution in [0.4, 0.5) is 0 Å². The van der Waals surface area contributed by atoms with Gasteiger partial charge in [0, 0.05) is 4.47 Å². The van der Waals surface area contributed by atoms with Crippen LogP contribution in [0.25, 0.3) is 0 Å². The number of hydrogen-bond acceptors (Lipinski definition) is 1. The summed E-state index contributed by atoms with van der Waals surface area (Å²) in [5.41, 5.74) is 2.70. The van der Waals surface area contributed by atoms with Crippen molar-refractivity contribution in [2.24, 2.45) is 5.41 Å². The zero-order valence-electron chi connectivity index (χ0n) is 11.0. The predicted octanol–water partition coefficient (Wildman–Crippen LogP) is 3.86. The molecular weight excluding hydrogens is 316 g/mol. The van der Waals surface area contributed by atoms with E-state index in [0.29, 0.717) is 19.3 Å². The van der Waals surface area contributed by atoms with E-state index in [-0.39, 0.29) is 0 Å². The van der Waals surface area contributed by atoms with Crippen LogP contribution in [-0.2, 0) is 24.1 Å². The third-order valence-electron chi connectivity index (χ3n) is 4.06. The summed E-state index contributed by atoms with van der Waals surface area (Å²) in [4.78, 5) is 11.9. The second kappa shape index (κ2) is 5.06. The number of carboxylic acid groups (broad SMARTS) is 1. The Morgan fingerprint density at radius 2 is 1.75 bits per heavy atom. The Morgan fingerprint density at radius 3 is 2.30 bits per heavy atom. The molecule has 0 heterocycles. The molecule has 0 saturated carbocycles. The van der Waals surface area contributed by atoms with Crippen LogP contribution in [0.5, 0.6) is 0 Å². The molecule has 0 unspecified atom stereocenters. The van der Waals surface area contributed by atoms with Gasteiger partial charge in [0.2, 0.25) is 0 Å². The third kappa shape index (κ3) is 2.38. The summed E-state index contributed by atoms with van der Waals surface area (Å²) >= 11 is 3.45. The molecule has 3 rings (SSSR count). The molecule has 0 radical (unpaired) electrons. The standard InChI is InChI=1S/C17H15BrO2/c18-15-7-3-4-12(8-15)9-17(16(19)20)10-13-5-1-2-6-14(13)11-17/h1-8H,9-11H2,(H,19,20). The van der Waals surface area contributed by atoms with Gasteiger partial charge in [-0.05, 0) is 48.1 Å². The van der Waals surface area contributed by atoms with E-state index in [1.807, 2.05) is 48.5 Å². The number of benzene rings is 2. The Hall–Kier alpha value is -1.61. The lowest BCUT2D eigenvalue weighted by Crippen LogP contribution is -2.34. The van der Waals surface area contributed by atoms with Crippen LogP contribution in [0.2, 0.25) is 0 Å². The van der Waals surface area contributed by atoms with Crippen molar-refractivity contribution < 1.29 is 9.90 Å². The molecular formula is C17H15BrO2. The second-order valence-corrected chi connectivity index (χ2v) is 6.43. The Bertz CT molecular complexity index is 639. The minimum absolute atomic E-state index is 0.566. The number of aliphatic carboxylic acids is 1. The maximum absolute atomic E-state index is 11.9. The zero-order chi connectivity index (χ0) is 14.2. The van der Waals surface area contributed by atoms with Gasteiger partial charge in [-0.2, -0.15) is 0 Å². The highest BCUT2D eigenvalue weighted by atomic mass is 79.9. The van der Waals surface area contributed by atoms with Crippen molar-refractivity contribution in [2.75, 3.05) is 0 Å². The predicted molar refractivity (Wildman–Crippen MR) is 81.8 cm³/mol. The molecule has 0 aliphatic heterocycles. The molecule has 102 valence electrons. The molecule has 0 spiro atoms. The van der Waals surface area contributed by atoms with E-state index in [2.05, 4.69) is 15.9 Å². The quantitative estimate of drug-likeness (QED) is 0.927. The number of rotatable bonds is 3. The number of hydrogen-bond donors (Lipinski definition) is 1. The first kappa shape index (κ1) is 13.4. The first-order valence-corrected chi connectivity index (χ1v) is 7.43. The lowest BCUT2D eigenvalue weighted by atomic mass is 9.79. The van der Waals surface area contributed by atoms with Crippen molar-refractivity contribution in [1.29, 1.82) is 0 Å². The van der Waals surface area contributed by atoms with E-state index < -0.39 is 11.4 Å². The monoisotopic (exact) mass is 330 g/mol. The van der Waals surface area contributed by atoms with Crippen LogP contribution in [0.3, 0.4) is 0 Å². The average Bonchev–Trinajstić information content (AvgIpc) is 2.78. The Balaban J connectivity index is 1.94. The highest BCUT2D eigenvalue weighted by Gasteiger charge is 2.43. The van der Waals surface area contributed by atoms with Gasteiger partial charge in [-0.1, -0.05) is 52.3 Å². The van der Waals surface area contributed by atoms with Crippen molar-refractivity contribution in [3.63, 3.8) is 0 Å². The summed E-state index contributed by atoms with van der Waals surface area (Å²) in [5.74, 6) is -0.700. The lowest BCUT2D eigenvalue weighted by molar-refractivity contribution is -0.148. The summed E-state index contributed by atoms with van der Waals surface area (Å²) in [7, 11) is 0. The summed E-state index contributed by atoms with van der Waals surface area (Å²) < 4.78 is 0.992. The first-order valence-electron chi connectivity index (χ1n) is 6.64. The molecule has 0 aromatic heterocycles. The topological polar surface area (TPSA) is 37.3 Å². The van der Waals surface area contributed by atoms with Gasteiger partial charge in [0.15, 0.2) is 0 Å². The lowest BCUT2D eigenvalue weighted by Gasteiger charge is -2.24. The maximum atomic E-state index is 11.9. The largest absolute Gasteiger partial charge is 0.481 e. The summed E-state index contributed by atoms with van der Waals surface area (Å²) in [6, 6.07) is 16.0. The Morgan fingerprint density at radius 1 is 1.10 bits per heavy atom. The first-order chi connectivity index (χ1) is 9.59. The molecule has 0 bridgehead atoms. The van der Waals surface area contributed by atoms with Gasteiger partial charge in [0.05, 0.1) is 5.41 Å². The fraction of sp³-hybridized carbons (Fsp3) is 0.235. The van der Waals surface area contributed by atoms with Crippen molar-refractivity contribution in [3.05, 3.63) is 69.7 Å². The van der Waals surface area contributed by atoms with Gasteiger partial charge in [-0.3, -0.25) is 4.79 Å². The van der Waals surface area contributed by atoms with Crippen LogP contribution in [0, 0.1) is 5.41 Å². The molecule has 3 heteroatoms. The van der Waals surface area contributed by atoms with E-state index in [0.717, 1.165) is 10.0 Å². The number of fused-ring (bicyclic) bond motifs is 1. The summed E-state index contributed by atoms with van der Waals surface area (Å²) in [6.45, 7) is 0. The molecule has 1 N–H and O–H groups in total. The molecule has 1 aliphatic rings. The van der Waals surface area contributed by atoms with E-state index in [1.165, 1.54) is 11.1 Å². The van der Waals surface area contributed by atoms with Crippen LogP contribution in [-0.4, -0.2) is 11.1 Å². The summed E-state index contributed by atoms with van der Waals surface area (Å²) in [6.07, 6.45) is 1.80. The van der Waals surface area contributed by atoms with Crippen LogP contribution in [0.15, 0.2) is 53.0 Å². The van der Waals surface area contributed by atoms with Crippen molar-refractivity contribution in [1.82, 2.24) is 0 Å². The molecule has 1 aliphatic carbocycles. The third-order valence-corrected chi connectivity index (χ3v) is 4.55. The van der Waals surface area contributed by atoms with Crippen molar-refractivity contribution >= 4 is 21.9 Å². The van der Waals surface area contributed by atoms with Crippen molar-refractivity contribution in [3.8, 4) is 0 Å². The van der Waals surface area contributed by atoms with Crippen LogP contribution < -0.4 is 0 Å². The van der Waals surface area contributed by atoms with Gasteiger partial charge in [-0.25, -0.2) is 0 Å². The van der Waals surface area contributed by atoms with E-state index >= 15 is 0 Å². The molecule has 2 aromatic carbocycles. The SMILES string of the molecule is O=C(O)C1(Cc2cccc(Br)c2)Cc2ccccc2C1. The Kier molecular flexibility index (Phi) is 3.38. The molecule has 2 aromatic rings. The van der Waals surface area contributed by atoms with E-state index in [9.17, 15) is 9.90 Å². The van der Waals surface area contributed by atoms with Gasteiger partial charge >= 0.3 is 5.97 Å². The molecule has 2 nitrogen and oxygen atoms in total. The average molecular weight is 331 g/mol. The normalized spacial score (nSPS) is 15.8. The van der Waals surface area contributed by atoms with Crippen molar-refractivity contribution in [2.45, 2.75) is 19.3 Å². The van der Waals surface area contributed by atoms with Crippen LogP contribution >= 0.6 is 15.9 Å². The number of carbonyl (C=O) groups is 1. The molecule has 0 amide bonds. The smallest absolute Gasteiger partial charge is 0.310 e. The second-order valence-electron chi connectivity index (χ2n) is 5.51. The molecule has 0 fully saturated rings. The maximum Gasteiger partial charge on any atom is 0.310 e. The van der Waals surface area contributed by atoms with Gasteiger partial charge in [-0.15, -0.1) is 0 Å². The number of carboxylic acids is 1. The van der Waals surface area contributed by atoms with E-state index in [4.69, 9.17) is 0 Å². The van der Waals surface area contributed by atoms with E-state index in [1.54, 1.807) is 0 Å².